The molecule has 2 heterocycles. The van der Waals surface area contributed by atoms with E-state index in [1.165, 1.54) is 14.2 Å². The molecule has 1 aromatic carbocycles. The molecule has 122 valence electrons. The minimum absolute atomic E-state index is 0.0452. The first-order chi connectivity index (χ1) is 11.1. The highest BCUT2D eigenvalue weighted by Gasteiger charge is 2.32. The Morgan fingerprint density at radius 1 is 1.43 bits per heavy atom. The van der Waals surface area contributed by atoms with Crippen LogP contribution in [0.4, 0.5) is 5.69 Å². The van der Waals surface area contributed by atoms with E-state index in [4.69, 9.17) is 9.47 Å². The summed E-state index contributed by atoms with van der Waals surface area (Å²) in [6, 6.07) is 3.33. The van der Waals surface area contributed by atoms with Crippen LogP contribution in [0.2, 0.25) is 0 Å². The number of carbonyl (C=O) groups excluding carboxylic acids is 2. The van der Waals surface area contributed by atoms with Crippen molar-refractivity contribution in [1.82, 2.24) is 10.2 Å². The van der Waals surface area contributed by atoms with Crippen molar-refractivity contribution in [3.05, 3.63) is 17.7 Å². The molecule has 2 aliphatic heterocycles. The van der Waals surface area contributed by atoms with Crippen LogP contribution >= 0.6 is 0 Å². The molecule has 0 unspecified atom stereocenters. The second kappa shape index (κ2) is 6.28. The fraction of sp³-hybridized carbons (Fsp3) is 0.438. The number of ether oxygens (including phenoxy) is 2. The lowest BCUT2D eigenvalue weighted by molar-refractivity contribution is -0.122. The van der Waals surface area contributed by atoms with E-state index in [2.05, 4.69) is 10.3 Å². The number of amides is 2. The Morgan fingerprint density at radius 2 is 2.26 bits per heavy atom. The van der Waals surface area contributed by atoms with Crippen molar-refractivity contribution in [3.63, 3.8) is 0 Å². The third-order valence-electron chi connectivity index (χ3n) is 4.10. The number of likely N-dealkylation sites (N-methyl/N-ethyl adjacent to an activating group) is 1. The van der Waals surface area contributed by atoms with Crippen molar-refractivity contribution in [2.75, 3.05) is 27.3 Å². The zero-order chi connectivity index (χ0) is 16.4. The van der Waals surface area contributed by atoms with Crippen LogP contribution in [0.15, 0.2) is 17.1 Å². The predicted molar refractivity (Wildman–Crippen MR) is 84.8 cm³/mol. The average molecular weight is 317 g/mol. The highest BCUT2D eigenvalue weighted by molar-refractivity contribution is 6.03. The molecule has 0 bridgehead atoms. The summed E-state index contributed by atoms with van der Waals surface area (Å²) in [4.78, 5) is 30.3. The second-order valence-corrected chi connectivity index (χ2v) is 5.47. The van der Waals surface area contributed by atoms with Gasteiger partial charge in [0.05, 0.1) is 24.4 Å². The first kappa shape index (κ1) is 15.3. The number of hydrogen-bond acceptors (Lipinski definition) is 5. The lowest BCUT2D eigenvalue weighted by atomic mass is 10.1. The third-order valence-corrected chi connectivity index (χ3v) is 4.10. The monoisotopic (exact) mass is 317 g/mol. The molecule has 2 amide bonds. The fourth-order valence-corrected chi connectivity index (χ4v) is 2.84. The van der Waals surface area contributed by atoms with Crippen LogP contribution in [-0.2, 0) is 4.79 Å². The van der Waals surface area contributed by atoms with Gasteiger partial charge < -0.3 is 19.7 Å². The largest absolute Gasteiger partial charge is 0.493 e. The molecule has 0 aromatic heterocycles. The molecule has 3 rings (SSSR count). The summed E-state index contributed by atoms with van der Waals surface area (Å²) in [5, 5.41) is 2.48. The molecule has 7 heteroatoms. The normalized spacial score (nSPS) is 19.0. The molecule has 23 heavy (non-hydrogen) atoms. The second-order valence-electron chi connectivity index (χ2n) is 5.47. The van der Waals surface area contributed by atoms with Gasteiger partial charge in [0, 0.05) is 25.9 Å². The number of nitrogens with zero attached hydrogens (tertiary/aromatic N) is 2. The van der Waals surface area contributed by atoms with Crippen LogP contribution < -0.4 is 14.8 Å². The molecular formula is C16H19N3O4. The summed E-state index contributed by atoms with van der Waals surface area (Å²) in [5.41, 5.74) is 1.03. The average Bonchev–Trinajstić information content (AvgIpc) is 3.00. The van der Waals surface area contributed by atoms with E-state index < -0.39 is 0 Å². The van der Waals surface area contributed by atoms with Gasteiger partial charge >= 0.3 is 0 Å². The van der Waals surface area contributed by atoms with Gasteiger partial charge in [0.1, 0.15) is 0 Å². The van der Waals surface area contributed by atoms with Gasteiger partial charge in [0.15, 0.2) is 18.1 Å². The number of fused-ring (bicyclic) bond motifs is 2. The van der Waals surface area contributed by atoms with Gasteiger partial charge in [-0.3, -0.25) is 14.6 Å². The topological polar surface area (TPSA) is 80.2 Å². The SMILES string of the molecule is CNC(=O)COc1cc2c(cc1OC)C(=O)N1CCC[C@H]1C=N2. The number of aliphatic imine (C=N–C) groups is 1. The first-order valence-electron chi connectivity index (χ1n) is 7.54. The van der Waals surface area contributed by atoms with E-state index in [0.717, 1.165) is 19.4 Å². The Balaban J connectivity index is 1.95. The minimum atomic E-state index is -0.248. The molecule has 0 spiro atoms. The molecule has 2 aliphatic rings. The Bertz CT molecular complexity index is 672. The molecule has 1 N–H and O–H groups in total. The predicted octanol–water partition coefficient (Wildman–Crippen LogP) is 1.14. The highest BCUT2D eigenvalue weighted by atomic mass is 16.5. The van der Waals surface area contributed by atoms with Crippen LogP contribution in [0.1, 0.15) is 23.2 Å². The van der Waals surface area contributed by atoms with Crippen LogP contribution in [0, 0.1) is 0 Å². The number of carbonyl (C=O) groups is 2. The molecule has 0 radical (unpaired) electrons. The van der Waals surface area contributed by atoms with Gasteiger partial charge in [-0.15, -0.1) is 0 Å². The molecule has 0 aliphatic carbocycles. The van der Waals surface area contributed by atoms with Gasteiger partial charge in [0.2, 0.25) is 0 Å². The summed E-state index contributed by atoms with van der Waals surface area (Å²) in [6.45, 7) is 0.615. The van der Waals surface area contributed by atoms with Crippen LogP contribution in [0.25, 0.3) is 0 Å². The minimum Gasteiger partial charge on any atom is -0.493 e. The summed E-state index contributed by atoms with van der Waals surface area (Å²) >= 11 is 0. The summed E-state index contributed by atoms with van der Waals surface area (Å²) in [7, 11) is 3.04. The lowest BCUT2D eigenvalue weighted by Crippen LogP contribution is -2.35. The van der Waals surface area contributed by atoms with E-state index in [0.29, 0.717) is 22.7 Å². The molecule has 1 atom stereocenters. The number of hydrogen-bond donors (Lipinski definition) is 1. The van der Waals surface area contributed by atoms with Crippen molar-refractivity contribution in [2.24, 2.45) is 4.99 Å². The Morgan fingerprint density at radius 3 is 3.00 bits per heavy atom. The number of benzene rings is 1. The van der Waals surface area contributed by atoms with E-state index in [1.807, 2.05) is 11.1 Å². The number of nitrogens with one attached hydrogen (secondary N) is 1. The van der Waals surface area contributed by atoms with Crippen molar-refractivity contribution in [2.45, 2.75) is 18.9 Å². The Hall–Kier alpha value is -2.57. The number of methoxy groups -OCH3 is 1. The Labute approximate surface area is 134 Å². The van der Waals surface area contributed by atoms with Crippen molar-refractivity contribution >= 4 is 23.7 Å². The molecule has 1 saturated heterocycles. The molecule has 1 fully saturated rings. The van der Waals surface area contributed by atoms with Crippen LogP contribution in [0.5, 0.6) is 11.5 Å². The van der Waals surface area contributed by atoms with E-state index in [9.17, 15) is 9.59 Å². The summed E-state index contributed by atoms with van der Waals surface area (Å²) < 4.78 is 10.8. The third kappa shape index (κ3) is 2.86. The van der Waals surface area contributed by atoms with E-state index in [-0.39, 0.29) is 24.5 Å². The van der Waals surface area contributed by atoms with E-state index >= 15 is 0 Å². The highest BCUT2D eigenvalue weighted by Crippen LogP contribution is 2.37. The quantitative estimate of drug-likeness (QED) is 0.903. The van der Waals surface area contributed by atoms with Gasteiger partial charge in [-0.05, 0) is 18.9 Å². The van der Waals surface area contributed by atoms with Crippen molar-refractivity contribution in [1.29, 1.82) is 0 Å². The molecular weight excluding hydrogens is 298 g/mol. The van der Waals surface area contributed by atoms with Gasteiger partial charge in [0.25, 0.3) is 11.8 Å². The maximum atomic E-state index is 12.7. The standard InChI is InChI=1S/C16H19N3O4/c1-17-15(20)9-23-14-7-12-11(6-13(14)22-2)16(21)19-5-3-4-10(19)8-18-12/h6-8,10H,3-5,9H2,1-2H3,(H,17,20)/t10-/m0/s1. The molecule has 1 aromatic rings. The number of rotatable bonds is 4. The fourth-order valence-electron chi connectivity index (χ4n) is 2.84. The van der Waals surface area contributed by atoms with Crippen LogP contribution in [0.3, 0.4) is 0 Å². The Kier molecular flexibility index (Phi) is 4.18. The van der Waals surface area contributed by atoms with Crippen molar-refractivity contribution in [3.8, 4) is 11.5 Å². The maximum Gasteiger partial charge on any atom is 0.257 e. The molecule has 0 saturated carbocycles. The zero-order valence-corrected chi connectivity index (χ0v) is 13.2. The zero-order valence-electron chi connectivity index (χ0n) is 13.2. The van der Waals surface area contributed by atoms with Gasteiger partial charge in [-0.1, -0.05) is 0 Å². The van der Waals surface area contributed by atoms with Gasteiger partial charge in [-0.25, -0.2) is 0 Å². The first-order valence-corrected chi connectivity index (χ1v) is 7.54. The summed E-state index contributed by atoms with van der Waals surface area (Å²) in [5.74, 6) is 0.508. The molecule has 7 nitrogen and oxygen atoms in total. The lowest BCUT2D eigenvalue weighted by Gasteiger charge is -2.20. The smallest absolute Gasteiger partial charge is 0.257 e. The van der Waals surface area contributed by atoms with Gasteiger partial charge in [-0.2, -0.15) is 0 Å². The maximum absolute atomic E-state index is 12.7. The van der Waals surface area contributed by atoms with Crippen LogP contribution in [-0.4, -0.2) is 56.3 Å². The summed E-state index contributed by atoms with van der Waals surface area (Å²) in [6.07, 6.45) is 3.73. The van der Waals surface area contributed by atoms with Crippen molar-refractivity contribution < 1.29 is 19.1 Å². The van der Waals surface area contributed by atoms with E-state index in [1.54, 1.807) is 12.1 Å².